The van der Waals surface area contributed by atoms with Gasteiger partial charge in [0.1, 0.15) is 0 Å². The van der Waals surface area contributed by atoms with E-state index in [-0.39, 0.29) is 17.9 Å². The predicted octanol–water partition coefficient (Wildman–Crippen LogP) is 6.79. The lowest BCUT2D eigenvalue weighted by Gasteiger charge is -2.37. The van der Waals surface area contributed by atoms with Gasteiger partial charge in [0.15, 0.2) is 0 Å². The molecule has 1 aromatic rings. The fourth-order valence-corrected chi connectivity index (χ4v) is 7.76. The van der Waals surface area contributed by atoms with Crippen molar-refractivity contribution < 1.29 is 18.0 Å². The van der Waals surface area contributed by atoms with Crippen molar-refractivity contribution in [3.8, 4) is 0 Å². The average molecular weight is 483 g/mol. The van der Waals surface area contributed by atoms with Crippen LogP contribution in [-0.2, 0) is 23.9 Å². The molecule has 2 saturated carbocycles. The second kappa shape index (κ2) is 8.63. The highest BCUT2D eigenvalue weighted by Gasteiger charge is 2.56. The average Bonchev–Trinajstić information content (AvgIpc) is 3.45. The summed E-state index contributed by atoms with van der Waals surface area (Å²) in [5, 5.41) is 0. The molecule has 1 unspecified atom stereocenters. The minimum absolute atomic E-state index is 0.186. The minimum atomic E-state index is -4.42. The van der Waals surface area contributed by atoms with Crippen LogP contribution in [0.15, 0.2) is 47.7 Å². The Hall–Kier alpha value is -2.37. The molecule has 35 heavy (non-hydrogen) atoms. The van der Waals surface area contributed by atoms with Crippen LogP contribution in [0.25, 0.3) is 0 Å². The van der Waals surface area contributed by atoms with E-state index < -0.39 is 11.7 Å². The van der Waals surface area contributed by atoms with E-state index in [9.17, 15) is 18.0 Å². The van der Waals surface area contributed by atoms with Crippen molar-refractivity contribution in [2.75, 3.05) is 6.54 Å². The first kappa shape index (κ1) is 23.1. The Balaban J connectivity index is 1.18. The molecule has 0 N–H and O–H groups in total. The summed E-state index contributed by atoms with van der Waals surface area (Å²) in [6, 6.07) is 1.20. The third-order valence-electron chi connectivity index (χ3n) is 9.37. The van der Waals surface area contributed by atoms with Gasteiger partial charge in [0.25, 0.3) is 0 Å². The SMILES string of the molecule is O=C(N1CCc2ncc(C(F)(F)F)cc2C1)[C@@]12CCC[C@@H]1C[C@@H](CC1C=CC3=C1CCC=CC3)C2. The number of allylic oxidation sites excluding steroid dienone is 6. The number of rotatable bonds is 3. The Bertz CT molecular complexity index is 1120. The maximum Gasteiger partial charge on any atom is 0.417 e. The number of hydrogen-bond donors (Lipinski definition) is 0. The van der Waals surface area contributed by atoms with Crippen LogP contribution in [0.3, 0.4) is 0 Å². The van der Waals surface area contributed by atoms with E-state index >= 15 is 0 Å². The number of nitrogens with zero attached hydrogens (tertiary/aromatic N) is 2. The summed E-state index contributed by atoms with van der Waals surface area (Å²) >= 11 is 0. The molecular weight excluding hydrogens is 449 g/mol. The van der Waals surface area contributed by atoms with Crippen LogP contribution in [0.1, 0.15) is 74.6 Å². The molecule has 2 heterocycles. The van der Waals surface area contributed by atoms with Crippen LogP contribution in [0.5, 0.6) is 0 Å². The monoisotopic (exact) mass is 482 g/mol. The van der Waals surface area contributed by atoms with Gasteiger partial charge in [-0.1, -0.05) is 36.3 Å². The van der Waals surface area contributed by atoms with Crippen molar-refractivity contribution in [1.82, 2.24) is 9.88 Å². The molecule has 6 rings (SSSR count). The third kappa shape index (κ3) is 4.07. The molecule has 186 valence electrons. The van der Waals surface area contributed by atoms with Gasteiger partial charge in [0, 0.05) is 31.4 Å². The van der Waals surface area contributed by atoms with Crippen LogP contribution >= 0.6 is 0 Å². The normalized spacial score (nSPS) is 32.0. The van der Waals surface area contributed by atoms with E-state index in [0.29, 0.717) is 42.0 Å². The third-order valence-corrected chi connectivity index (χ3v) is 9.37. The standard InChI is InChI=1S/C29H33F3N2O/c30-29(31,32)24-15-22-18-34(12-10-26(22)33-17-24)27(35)28-11-4-6-23(28)14-19(16-28)13-21-9-8-20-5-2-1-3-7-25(20)21/h1-2,8-9,15,17,19,21,23H,3-7,10-14,16,18H2/t19-,21?,23-,28-/m1/s1. The van der Waals surface area contributed by atoms with Crippen molar-refractivity contribution in [2.24, 2.45) is 23.2 Å². The minimum Gasteiger partial charge on any atom is -0.337 e. The fourth-order valence-electron chi connectivity index (χ4n) is 7.76. The number of pyridine rings is 1. The summed E-state index contributed by atoms with van der Waals surface area (Å²) in [6.07, 6.45) is 15.9. The lowest BCUT2D eigenvalue weighted by Crippen LogP contribution is -2.46. The summed E-state index contributed by atoms with van der Waals surface area (Å²) in [4.78, 5) is 19.9. The van der Waals surface area contributed by atoms with Crippen molar-refractivity contribution in [2.45, 2.75) is 76.9 Å². The van der Waals surface area contributed by atoms with Crippen LogP contribution < -0.4 is 0 Å². The largest absolute Gasteiger partial charge is 0.417 e. The molecule has 2 fully saturated rings. The number of carbonyl (C=O) groups is 1. The second-order valence-electron chi connectivity index (χ2n) is 11.3. The fraction of sp³-hybridized carbons (Fsp3) is 0.586. The first-order chi connectivity index (χ1) is 16.8. The summed E-state index contributed by atoms with van der Waals surface area (Å²) in [5.41, 5.74) is 3.30. The van der Waals surface area contributed by atoms with Crippen LogP contribution in [0.2, 0.25) is 0 Å². The molecule has 1 amide bonds. The number of fused-ring (bicyclic) bond motifs is 2. The number of hydrogen-bond acceptors (Lipinski definition) is 2. The van der Waals surface area contributed by atoms with Gasteiger partial charge in [-0.15, -0.1) is 0 Å². The van der Waals surface area contributed by atoms with Gasteiger partial charge in [0.2, 0.25) is 5.91 Å². The van der Waals surface area contributed by atoms with Crippen LogP contribution in [0.4, 0.5) is 13.2 Å². The maximum atomic E-state index is 14.0. The van der Waals surface area contributed by atoms with E-state index in [1.54, 1.807) is 5.57 Å². The van der Waals surface area contributed by atoms with Gasteiger partial charge in [-0.3, -0.25) is 9.78 Å². The van der Waals surface area contributed by atoms with Gasteiger partial charge in [-0.05, 0) is 86.3 Å². The highest BCUT2D eigenvalue weighted by Crippen LogP contribution is 2.59. The number of aromatic nitrogens is 1. The molecule has 1 aliphatic heterocycles. The molecule has 0 spiro atoms. The van der Waals surface area contributed by atoms with E-state index in [4.69, 9.17) is 0 Å². The van der Waals surface area contributed by atoms with Crippen molar-refractivity contribution in [1.29, 1.82) is 0 Å². The summed E-state index contributed by atoms with van der Waals surface area (Å²) in [6.45, 7) is 0.802. The smallest absolute Gasteiger partial charge is 0.337 e. The first-order valence-corrected chi connectivity index (χ1v) is 13.2. The summed E-state index contributed by atoms with van der Waals surface area (Å²) in [7, 11) is 0. The molecule has 0 aromatic carbocycles. The zero-order valence-electron chi connectivity index (χ0n) is 20.1. The highest BCUT2D eigenvalue weighted by atomic mass is 19.4. The lowest BCUT2D eigenvalue weighted by atomic mass is 9.77. The van der Waals surface area contributed by atoms with Gasteiger partial charge >= 0.3 is 6.18 Å². The molecule has 1 aromatic heterocycles. The molecule has 3 nitrogen and oxygen atoms in total. The van der Waals surface area contributed by atoms with Crippen molar-refractivity contribution >= 4 is 5.91 Å². The Kier molecular flexibility index (Phi) is 5.69. The molecule has 4 atom stereocenters. The van der Waals surface area contributed by atoms with Gasteiger partial charge in [-0.2, -0.15) is 13.2 Å². The first-order valence-electron chi connectivity index (χ1n) is 13.2. The van der Waals surface area contributed by atoms with E-state index in [1.165, 1.54) is 11.6 Å². The predicted molar refractivity (Wildman–Crippen MR) is 128 cm³/mol. The Labute approximate surface area is 205 Å². The Morgan fingerprint density at radius 3 is 2.97 bits per heavy atom. The molecule has 6 heteroatoms. The lowest BCUT2D eigenvalue weighted by molar-refractivity contribution is -0.144. The van der Waals surface area contributed by atoms with Crippen LogP contribution in [-0.4, -0.2) is 22.3 Å². The van der Waals surface area contributed by atoms with Gasteiger partial charge < -0.3 is 4.90 Å². The topological polar surface area (TPSA) is 33.2 Å². The second-order valence-corrected chi connectivity index (χ2v) is 11.3. The molecule has 0 radical (unpaired) electrons. The van der Waals surface area contributed by atoms with Crippen molar-refractivity contribution in [3.05, 3.63) is 64.5 Å². The van der Waals surface area contributed by atoms with E-state index in [0.717, 1.165) is 64.0 Å². The molecule has 4 aliphatic carbocycles. The molecule has 5 aliphatic rings. The Morgan fingerprint density at radius 2 is 2.11 bits per heavy atom. The number of alkyl halides is 3. The number of halogens is 3. The van der Waals surface area contributed by atoms with Gasteiger partial charge in [0.05, 0.1) is 11.0 Å². The van der Waals surface area contributed by atoms with E-state index in [2.05, 4.69) is 29.3 Å². The number of carbonyl (C=O) groups excluding carboxylic acids is 1. The molecule has 0 saturated heterocycles. The summed E-state index contributed by atoms with van der Waals surface area (Å²) in [5.74, 6) is 1.65. The zero-order valence-corrected chi connectivity index (χ0v) is 20.1. The van der Waals surface area contributed by atoms with Crippen LogP contribution in [0, 0.1) is 23.2 Å². The number of amides is 1. The maximum absolute atomic E-state index is 14.0. The summed E-state index contributed by atoms with van der Waals surface area (Å²) < 4.78 is 39.7. The van der Waals surface area contributed by atoms with Gasteiger partial charge in [-0.25, -0.2) is 0 Å². The Morgan fingerprint density at radius 1 is 1.23 bits per heavy atom. The van der Waals surface area contributed by atoms with E-state index in [1.807, 2.05) is 4.90 Å². The zero-order chi connectivity index (χ0) is 24.2. The van der Waals surface area contributed by atoms with Crippen molar-refractivity contribution in [3.63, 3.8) is 0 Å². The quantitative estimate of drug-likeness (QED) is 0.444. The molecule has 0 bridgehead atoms. The molecular formula is C29H33F3N2O. The highest BCUT2D eigenvalue weighted by molar-refractivity contribution is 5.84.